The lowest BCUT2D eigenvalue weighted by atomic mass is 10.2. The van der Waals surface area contributed by atoms with Gasteiger partial charge in [0.15, 0.2) is 6.19 Å². The third-order valence-corrected chi connectivity index (χ3v) is 1.51. The first kappa shape index (κ1) is 13.6. The Balaban J connectivity index is 3.53. The molecule has 0 fully saturated rings. The van der Waals surface area contributed by atoms with Crippen molar-refractivity contribution in [1.29, 1.82) is 5.26 Å². The predicted molar refractivity (Wildman–Crippen MR) is 57.1 cm³/mol. The molecular formula is C10H19N3O2. The van der Waals surface area contributed by atoms with Crippen molar-refractivity contribution in [2.24, 2.45) is 0 Å². The first-order valence-corrected chi connectivity index (χ1v) is 4.93. The number of alkyl carbamates (subject to hydrolysis) is 1. The second-order valence-electron chi connectivity index (χ2n) is 4.30. The zero-order valence-corrected chi connectivity index (χ0v) is 9.83. The Morgan fingerprint density at radius 3 is 2.60 bits per heavy atom. The Hall–Kier alpha value is -1.44. The molecule has 5 nitrogen and oxygen atoms in total. The third-order valence-electron chi connectivity index (χ3n) is 1.51. The maximum atomic E-state index is 11.2. The average Bonchev–Trinajstić information content (AvgIpc) is 2.09. The van der Waals surface area contributed by atoms with Gasteiger partial charge in [0.25, 0.3) is 0 Å². The highest BCUT2D eigenvalue weighted by Crippen LogP contribution is 2.06. The molecule has 0 bridgehead atoms. The molecule has 0 atom stereocenters. The zero-order chi connectivity index (χ0) is 11.9. The summed E-state index contributed by atoms with van der Waals surface area (Å²) < 4.78 is 5.04. The van der Waals surface area contributed by atoms with Crippen LogP contribution < -0.4 is 5.32 Å². The number of amides is 1. The second kappa shape index (κ2) is 6.12. The lowest BCUT2D eigenvalue weighted by Crippen LogP contribution is -2.33. The molecule has 0 aromatic rings. The quantitative estimate of drug-likeness (QED) is 0.434. The molecule has 0 aliphatic carbocycles. The first-order valence-electron chi connectivity index (χ1n) is 4.93. The Labute approximate surface area is 91.0 Å². The number of ether oxygens (including phenoxy) is 1. The lowest BCUT2D eigenvalue weighted by molar-refractivity contribution is 0.0526. The summed E-state index contributed by atoms with van der Waals surface area (Å²) in [5.74, 6) is 0. The van der Waals surface area contributed by atoms with Gasteiger partial charge in [0.2, 0.25) is 0 Å². The van der Waals surface area contributed by atoms with E-state index in [-0.39, 0.29) is 0 Å². The van der Waals surface area contributed by atoms with Crippen molar-refractivity contribution in [1.82, 2.24) is 10.2 Å². The zero-order valence-electron chi connectivity index (χ0n) is 9.83. The molecule has 5 heteroatoms. The van der Waals surface area contributed by atoms with E-state index in [9.17, 15) is 4.79 Å². The highest BCUT2D eigenvalue weighted by Gasteiger charge is 2.15. The third kappa shape index (κ3) is 8.88. The van der Waals surface area contributed by atoms with Crippen LogP contribution in [-0.2, 0) is 4.74 Å². The van der Waals surface area contributed by atoms with E-state index < -0.39 is 11.7 Å². The summed E-state index contributed by atoms with van der Waals surface area (Å²) in [5, 5.41) is 11.1. The molecule has 86 valence electrons. The molecule has 0 heterocycles. The van der Waals surface area contributed by atoms with E-state index in [1.165, 1.54) is 4.90 Å². The number of carbonyl (C=O) groups excluding carboxylic acids is 1. The van der Waals surface area contributed by atoms with Gasteiger partial charge in [-0.2, -0.15) is 5.26 Å². The maximum Gasteiger partial charge on any atom is 0.407 e. The largest absolute Gasteiger partial charge is 0.444 e. The molecule has 1 amide bonds. The van der Waals surface area contributed by atoms with Crippen LogP contribution in [0, 0.1) is 11.5 Å². The summed E-state index contributed by atoms with van der Waals surface area (Å²) >= 11 is 0. The Morgan fingerprint density at radius 1 is 1.53 bits per heavy atom. The van der Waals surface area contributed by atoms with Gasteiger partial charge in [-0.05, 0) is 27.2 Å². The standard InChI is InChI=1S/C10H19N3O2/c1-10(2,3)15-9(14)12-6-5-7-13(4)8-11/h5-7H2,1-4H3,(H,12,14). The molecule has 0 aliphatic heterocycles. The molecule has 0 radical (unpaired) electrons. The topological polar surface area (TPSA) is 65.4 Å². The van der Waals surface area contributed by atoms with Crippen molar-refractivity contribution in [2.45, 2.75) is 32.8 Å². The number of carbonyl (C=O) groups is 1. The summed E-state index contributed by atoms with van der Waals surface area (Å²) in [7, 11) is 1.70. The van der Waals surface area contributed by atoms with Gasteiger partial charge in [-0.15, -0.1) is 0 Å². The van der Waals surface area contributed by atoms with E-state index in [1.807, 2.05) is 27.0 Å². The fourth-order valence-electron chi connectivity index (χ4n) is 0.871. The van der Waals surface area contributed by atoms with Gasteiger partial charge in [0.1, 0.15) is 5.60 Å². The Morgan fingerprint density at radius 2 is 2.13 bits per heavy atom. The van der Waals surface area contributed by atoms with Crippen LogP contribution in [0.4, 0.5) is 4.79 Å². The Kier molecular flexibility index (Phi) is 5.53. The molecule has 0 aliphatic rings. The summed E-state index contributed by atoms with van der Waals surface area (Å²) in [6.45, 7) is 6.59. The van der Waals surface area contributed by atoms with Gasteiger partial charge in [-0.1, -0.05) is 0 Å². The smallest absolute Gasteiger partial charge is 0.407 e. The van der Waals surface area contributed by atoms with Gasteiger partial charge in [-0.25, -0.2) is 4.79 Å². The van der Waals surface area contributed by atoms with Crippen LogP contribution in [0.5, 0.6) is 0 Å². The van der Waals surface area contributed by atoms with E-state index in [0.29, 0.717) is 13.1 Å². The van der Waals surface area contributed by atoms with E-state index in [0.717, 1.165) is 6.42 Å². The van der Waals surface area contributed by atoms with Gasteiger partial charge >= 0.3 is 6.09 Å². The van der Waals surface area contributed by atoms with E-state index in [2.05, 4.69) is 5.32 Å². The van der Waals surface area contributed by atoms with Crippen LogP contribution in [-0.4, -0.2) is 36.7 Å². The van der Waals surface area contributed by atoms with Crippen molar-refractivity contribution < 1.29 is 9.53 Å². The molecule has 15 heavy (non-hydrogen) atoms. The fourth-order valence-corrected chi connectivity index (χ4v) is 0.871. The SMILES string of the molecule is CN(C#N)CCCNC(=O)OC(C)(C)C. The number of rotatable bonds is 4. The minimum Gasteiger partial charge on any atom is -0.444 e. The van der Waals surface area contributed by atoms with Gasteiger partial charge < -0.3 is 15.0 Å². The molecular weight excluding hydrogens is 194 g/mol. The minimum atomic E-state index is -0.465. The molecule has 0 aromatic heterocycles. The van der Waals surface area contributed by atoms with Crippen molar-refractivity contribution >= 4 is 6.09 Å². The van der Waals surface area contributed by atoms with Crippen LogP contribution in [0.1, 0.15) is 27.2 Å². The summed E-state index contributed by atoms with van der Waals surface area (Å²) in [6, 6.07) is 0. The molecule has 0 rings (SSSR count). The van der Waals surface area contributed by atoms with Gasteiger partial charge in [-0.3, -0.25) is 0 Å². The van der Waals surface area contributed by atoms with Crippen molar-refractivity contribution in [3.8, 4) is 6.19 Å². The first-order chi connectivity index (χ1) is 6.85. The van der Waals surface area contributed by atoms with Crippen LogP contribution in [0.25, 0.3) is 0 Å². The van der Waals surface area contributed by atoms with Crippen molar-refractivity contribution in [3.63, 3.8) is 0 Å². The van der Waals surface area contributed by atoms with Crippen molar-refractivity contribution in [2.75, 3.05) is 20.1 Å². The summed E-state index contributed by atoms with van der Waals surface area (Å²) in [5.41, 5.74) is -0.465. The fraction of sp³-hybridized carbons (Fsp3) is 0.800. The number of nitrogens with zero attached hydrogens (tertiary/aromatic N) is 2. The number of hydrogen-bond acceptors (Lipinski definition) is 4. The lowest BCUT2D eigenvalue weighted by Gasteiger charge is -2.19. The number of nitrogens with one attached hydrogen (secondary N) is 1. The minimum absolute atomic E-state index is 0.415. The number of nitriles is 1. The number of hydrogen-bond donors (Lipinski definition) is 1. The van der Waals surface area contributed by atoms with Crippen LogP contribution in [0.3, 0.4) is 0 Å². The van der Waals surface area contributed by atoms with Crippen LogP contribution in [0.15, 0.2) is 0 Å². The van der Waals surface area contributed by atoms with Crippen LogP contribution >= 0.6 is 0 Å². The van der Waals surface area contributed by atoms with E-state index >= 15 is 0 Å². The highest BCUT2D eigenvalue weighted by atomic mass is 16.6. The molecule has 0 aromatic carbocycles. The normalized spacial score (nSPS) is 10.3. The molecule has 0 spiro atoms. The van der Waals surface area contributed by atoms with Crippen molar-refractivity contribution in [3.05, 3.63) is 0 Å². The predicted octanol–water partition coefficient (Wildman–Crippen LogP) is 1.31. The molecule has 1 N–H and O–H groups in total. The maximum absolute atomic E-state index is 11.2. The van der Waals surface area contributed by atoms with E-state index in [4.69, 9.17) is 10.00 Å². The second-order valence-corrected chi connectivity index (χ2v) is 4.30. The monoisotopic (exact) mass is 213 g/mol. The van der Waals surface area contributed by atoms with Crippen LogP contribution in [0.2, 0.25) is 0 Å². The highest BCUT2D eigenvalue weighted by molar-refractivity contribution is 5.67. The van der Waals surface area contributed by atoms with Gasteiger partial charge in [0, 0.05) is 20.1 Å². The van der Waals surface area contributed by atoms with E-state index in [1.54, 1.807) is 7.05 Å². The van der Waals surface area contributed by atoms with Gasteiger partial charge in [0.05, 0.1) is 0 Å². The molecule has 0 saturated heterocycles. The summed E-state index contributed by atoms with van der Waals surface area (Å²) in [6.07, 6.45) is 2.29. The molecule has 0 saturated carbocycles. The summed E-state index contributed by atoms with van der Waals surface area (Å²) in [4.78, 5) is 12.7. The Bertz CT molecular complexity index is 240. The average molecular weight is 213 g/mol. The molecule has 0 unspecified atom stereocenters.